The normalized spacial score (nSPS) is 23.5. The van der Waals surface area contributed by atoms with E-state index in [1.54, 1.807) is 13.3 Å². The van der Waals surface area contributed by atoms with Crippen molar-refractivity contribution in [3.63, 3.8) is 0 Å². The Morgan fingerprint density at radius 1 is 0.970 bits per heavy atom. The maximum atomic E-state index is 6.06. The first-order valence-electron chi connectivity index (χ1n) is 10.8. The third-order valence-corrected chi connectivity index (χ3v) is 5.98. The summed E-state index contributed by atoms with van der Waals surface area (Å²) < 4.78 is 17.3. The van der Waals surface area contributed by atoms with Crippen molar-refractivity contribution >= 4 is 29.0 Å². The van der Waals surface area contributed by atoms with Gasteiger partial charge in [0, 0.05) is 17.4 Å². The SMILES string of the molecule is COc1ccc(-c2ccnc(N[C@@H]3CO[C@@H]4[C@@H]3OC[C@@H]4NC(=S)Nc3ccccc3)n2)cc1. The van der Waals surface area contributed by atoms with Gasteiger partial charge in [0.05, 0.1) is 38.1 Å². The highest BCUT2D eigenvalue weighted by atomic mass is 32.1. The van der Waals surface area contributed by atoms with Gasteiger partial charge >= 0.3 is 0 Å². The van der Waals surface area contributed by atoms with Crippen molar-refractivity contribution in [2.45, 2.75) is 24.3 Å². The number of benzene rings is 2. The van der Waals surface area contributed by atoms with Crippen molar-refractivity contribution in [2.75, 3.05) is 31.0 Å². The maximum absolute atomic E-state index is 6.06. The third kappa shape index (κ3) is 4.90. The molecule has 3 aromatic rings. The van der Waals surface area contributed by atoms with Gasteiger partial charge in [-0.05, 0) is 54.7 Å². The van der Waals surface area contributed by atoms with Gasteiger partial charge in [-0.15, -0.1) is 0 Å². The summed E-state index contributed by atoms with van der Waals surface area (Å²) in [6.45, 7) is 1.01. The van der Waals surface area contributed by atoms with E-state index in [0.717, 1.165) is 22.7 Å². The molecule has 0 spiro atoms. The van der Waals surface area contributed by atoms with E-state index >= 15 is 0 Å². The van der Waals surface area contributed by atoms with Crippen LogP contribution in [0.15, 0.2) is 66.9 Å². The molecule has 2 aromatic carbocycles. The van der Waals surface area contributed by atoms with E-state index in [-0.39, 0.29) is 24.3 Å². The molecule has 0 amide bonds. The van der Waals surface area contributed by atoms with Gasteiger partial charge in [-0.2, -0.15) is 0 Å². The first-order chi connectivity index (χ1) is 16.2. The van der Waals surface area contributed by atoms with Gasteiger partial charge in [0.2, 0.25) is 5.95 Å². The van der Waals surface area contributed by atoms with Crippen LogP contribution >= 0.6 is 12.2 Å². The Hall–Kier alpha value is -3.27. The van der Waals surface area contributed by atoms with Crippen LogP contribution in [0.2, 0.25) is 0 Å². The lowest BCUT2D eigenvalue weighted by Crippen LogP contribution is -2.46. The smallest absolute Gasteiger partial charge is 0.223 e. The zero-order chi connectivity index (χ0) is 22.6. The van der Waals surface area contributed by atoms with E-state index in [1.165, 1.54) is 0 Å². The van der Waals surface area contributed by atoms with Gasteiger partial charge in [0.1, 0.15) is 18.0 Å². The Bertz CT molecular complexity index is 1100. The number of thiocarbonyl (C=S) groups is 1. The fraction of sp³-hybridized carbons (Fsp3) is 0.292. The summed E-state index contributed by atoms with van der Waals surface area (Å²) in [5.41, 5.74) is 2.75. The molecule has 3 heterocycles. The largest absolute Gasteiger partial charge is 0.497 e. The van der Waals surface area contributed by atoms with E-state index in [4.69, 9.17) is 26.4 Å². The number of nitrogens with one attached hydrogen (secondary N) is 3. The minimum atomic E-state index is -0.115. The highest BCUT2D eigenvalue weighted by Gasteiger charge is 2.48. The molecule has 2 fully saturated rings. The van der Waals surface area contributed by atoms with Gasteiger partial charge in [-0.1, -0.05) is 18.2 Å². The summed E-state index contributed by atoms with van der Waals surface area (Å²) >= 11 is 5.47. The fourth-order valence-corrected chi connectivity index (χ4v) is 4.39. The fourth-order valence-electron chi connectivity index (χ4n) is 4.12. The van der Waals surface area contributed by atoms with E-state index in [9.17, 15) is 0 Å². The molecule has 0 aliphatic carbocycles. The van der Waals surface area contributed by atoms with E-state index in [2.05, 4.69) is 25.9 Å². The van der Waals surface area contributed by atoms with E-state index in [1.807, 2.05) is 60.7 Å². The van der Waals surface area contributed by atoms with Gasteiger partial charge in [0.15, 0.2) is 5.11 Å². The molecule has 2 aliphatic heterocycles. The van der Waals surface area contributed by atoms with Gasteiger partial charge in [0.25, 0.3) is 0 Å². The number of fused-ring (bicyclic) bond motifs is 1. The summed E-state index contributed by atoms with van der Waals surface area (Å²) in [4.78, 5) is 9.06. The van der Waals surface area contributed by atoms with Crippen LogP contribution in [0.4, 0.5) is 11.6 Å². The van der Waals surface area contributed by atoms with Crippen LogP contribution in [-0.2, 0) is 9.47 Å². The predicted molar refractivity (Wildman–Crippen MR) is 130 cm³/mol. The number of para-hydroxylation sites is 1. The van der Waals surface area contributed by atoms with Crippen LogP contribution in [0.25, 0.3) is 11.3 Å². The van der Waals surface area contributed by atoms with Crippen molar-refractivity contribution in [1.82, 2.24) is 15.3 Å². The number of nitrogens with zero attached hydrogens (tertiary/aromatic N) is 2. The minimum absolute atomic E-state index is 0.0305. The van der Waals surface area contributed by atoms with Crippen molar-refractivity contribution in [1.29, 1.82) is 0 Å². The molecule has 33 heavy (non-hydrogen) atoms. The Morgan fingerprint density at radius 3 is 2.45 bits per heavy atom. The second-order valence-electron chi connectivity index (χ2n) is 7.91. The number of ether oxygens (including phenoxy) is 3. The molecule has 0 saturated carbocycles. The van der Waals surface area contributed by atoms with Crippen LogP contribution in [0.3, 0.4) is 0 Å². The lowest BCUT2D eigenvalue weighted by Gasteiger charge is -2.20. The van der Waals surface area contributed by atoms with Crippen LogP contribution in [-0.4, -0.2) is 59.7 Å². The Balaban J connectivity index is 1.20. The lowest BCUT2D eigenvalue weighted by atomic mass is 10.1. The van der Waals surface area contributed by atoms with Crippen LogP contribution in [0, 0.1) is 0 Å². The lowest BCUT2D eigenvalue weighted by molar-refractivity contribution is 0.0689. The summed E-state index contributed by atoms with van der Waals surface area (Å²) in [5, 5.41) is 10.5. The van der Waals surface area contributed by atoms with Crippen molar-refractivity contribution in [3.05, 3.63) is 66.9 Å². The maximum Gasteiger partial charge on any atom is 0.223 e. The molecule has 5 rings (SSSR count). The number of hydrogen-bond acceptors (Lipinski definition) is 7. The zero-order valence-electron chi connectivity index (χ0n) is 18.1. The average Bonchev–Trinajstić information content (AvgIpc) is 3.43. The second kappa shape index (κ2) is 9.70. The molecular formula is C24H25N5O3S. The molecule has 2 aliphatic rings. The van der Waals surface area contributed by atoms with Crippen LogP contribution in [0.5, 0.6) is 5.75 Å². The summed E-state index contributed by atoms with van der Waals surface area (Å²) in [6.07, 6.45) is 1.52. The molecule has 170 valence electrons. The number of aromatic nitrogens is 2. The van der Waals surface area contributed by atoms with Crippen LogP contribution in [0.1, 0.15) is 0 Å². The molecule has 9 heteroatoms. The summed E-state index contributed by atoms with van der Waals surface area (Å²) in [7, 11) is 1.65. The Labute approximate surface area is 197 Å². The molecular weight excluding hydrogens is 438 g/mol. The summed E-state index contributed by atoms with van der Waals surface area (Å²) in [5.74, 6) is 1.35. The van der Waals surface area contributed by atoms with Gasteiger partial charge < -0.3 is 30.2 Å². The number of anilines is 2. The Kier molecular flexibility index (Phi) is 6.34. The molecule has 4 atom stereocenters. The van der Waals surface area contributed by atoms with E-state index < -0.39 is 0 Å². The van der Waals surface area contributed by atoms with E-state index in [0.29, 0.717) is 24.3 Å². The average molecular weight is 464 g/mol. The summed E-state index contributed by atoms with van der Waals surface area (Å²) in [6, 6.07) is 19.4. The molecule has 0 unspecified atom stereocenters. The number of methoxy groups -OCH3 is 1. The quantitative estimate of drug-likeness (QED) is 0.477. The van der Waals surface area contributed by atoms with Crippen molar-refractivity contribution < 1.29 is 14.2 Å². The first kappa shape index (κ1) is 21.6. The monoisotopic (exact) mass is 463 g/mol. The van der Waals surface area contributed by atoms with Crippen molar-refractivity contribution in [2.24, 2.45) is 0 Å². The minimum Gasteiger partial charge on any atom is -0.497 e. The molecule has 2 saturated heterocycles. The standard InChI is InChI=1S/C24H25N5O3S/c1-30-17-9-7-15(8-10-17)18-11-12-25-23(27-18)28-19-13-31-22-20(14-32-21(19)22)29-24(33)26-16-5-3-2-4-6-16/h2-12,19-22H,13-14H2,1H3,(H,25,27,28)(H2,26,29,33)/t19-,20+,21-,22+/m1/s1. The molecule has 1 aromatic heterocycles. The molecule has 8 nitrogen and oxygen atoms in total. The topological polar surface area (TPSA) is 89.6 Å². The highest BCUT2D eigenvalue weighted by molar-refractivity contribution is 7.80. The zero-order valence-corrected chi connectivity index (χ0v) is 18.9. The second-order valence-corrected chi connectivity index (χ2v) is 8.32. The third-order valence-electron chi connectivity index (χ3n) is 5.76. The molecule has 3 N–H and O–H groups in total. The van der Waals surface area contributed by atoms with Crippen molar-refractivity contribution in [3.8, 4) is 17.0 Å². The number of rotatable bonds is 6. The Morgan fingerprint density at radius 2 is 1.70 bits per heavy atom. The van der Waals surface area contributed by atoms with Gasteiger partial charge in [-0.25, -0.2) is 9.97 Å². The molecule has 0 radical (unpaired) electrons. The van der Waals surface area contributed by atoms with Crippen LogP contribution < -0.4 is 20.7 Å². The highest BCUT2D eigenvalue weighted by Crippen LogP contribution is 2.29. The first-order valence-corrected chi connectivity index (χ1v) is 11.2. The predicted octanol–water partition coefficient (Wildman–Crippen LogP) is 3.09. The number of hydrogen-bond donors (Lipinski definition) is 3. The van der Waals surface area contributed by atoms with Gasteiger partial charge in [-0.3, -0.25) is 0 Å². The molecule has 0 bridgehead atoms.